The predicted octanol–water partition coefficient (Wildman–Crippen LogP) is 4.07. The van der Waals surface area contributed by atoms with E-state index in [1.807, 2.05) is 48.5 Å². The number of benzene rings is 2. The summed E-state index contributed by atoms with van der Waals surface area (Å²) in [4.78, 5) is 35.5. The Labute approximate surface area is 194 Å². The molecule has 1 aliphatic rings. The standard InChI is InChI=1S/C24H25F3N2O5/c1-13(2)21(22(31)32)29-20(30)11-19(24(25,26)27)28-23(33)34-12-18-16-9-5-3-7-14(16)15-8-4-6-10-17(15)18/h3-10,13,18-19,21H,11-12H2,1-2H3,(H,28,33)(H,29,30)(H,31,32)/t19?,21-/m0/s1. The van der Waals surface area contributed by atoms with Gasteiger partial charge in [0, 0.05) is 5.92 Å². The molecule has 2 aromatic carbocycles. The van der Waals surface area contributed by atoms with E-state index in [-0.39, 0.29) is 12.5 Å². The van der Waals surface area contributed by atoms with Crippen LogP contribution in [0.2, 0.25) is 0 Å². The van der Waals surface area contributed by atoms with Gasteiger partial charge in [0.1, 0.15) is 18.7 Å². The third-order valence-electron chi connectivity index (χ3n) is 5.67. The third kappa shape index (κ3) is 5.67. The van der Waals surface area contributed by atoms with Crippen molar-refractivity contribution in [3.63, 3.8) is 0 Å². The molecule has 0 saturated heterocycles. The summed E-state index contributed by atoms with van der Waals surface area (Å²) in [5.74, 6) is -3.40. The van der Waals surface area contributed by atoms with Crippen LogP contribution in [0, 0.1) is 5.92 Å². The van der Waals surface area contributed by atoms with Crippen molar-refractivity contribution in [3.05, 3.63) is 59.7 Å². The summed E-state index contributed by atoms with van der Waals surface area (Å²) in [5.41, 5.74) is 3.73. The molecule has 0 aromatic heterocycles. The fourth-order valence-electron chi connectivity index (χ4n) is 3.96. The number of alkyl halides is 3. The monoisotopic (exact) mass is 478 g/mol. The van der Waals surface area contributed by atoms with Gasteiger partial charge >= 0.3 is 18.2 Å². The molecule has 1 unspecified atom stereocenters. The maximum absolute atomic E-state index is 13.5. The van der Waals surface area contributed by atoms with Gasteiger partial charge in [-0.3, -0.25) is 4.79 Å². The van der Waals surface area contributed by atoms with Crippen molar-refractivity contribution in [2.75, 3.05) is 6.61 Å². The Morgan fingerprint density at radius 3 is 1.97 bits per heavy atom. The largest absolute Gasteiger partial charge is 0.480 e. The molecule has 0 spiro atoms. The number of fused-ring (bicyclic) bond motifs is 3. The van der Waals surface area contributed by atoms with E-state index in [4.69, 9.17) is 9.84 Å². The van der Waals surface area contributed by atoms with E-state index in [1.54, 1.807) is 5.32 Å². The molecular formula is C24H25F3N2O5. The lowest BCUT2D eigenvalue weighted by molar-refractivity contribution is -0.161. The average molecular weight is 478 g/mol. The number of hydrogen-bond donors (Lipinski definition) is 3. The minimum atomic E-state index is -4.94. The number of carbonyl (C=O) groups is 3. The fraction of sp³-hybridized carbons (Fsp3) is 0.375. The first-order chi connectivity index (χ1) is 16.0. The molecule has 3 N–H and O–H groups in total. The predicted molar refractivity (Wildman–Crippen MR) is 117 cm³/mol. The molecular weight excluding hydrogens is 453 g/mol. The minimum absolute atomic E-state index is 0.189. The van der Waals surface area contributed by atoms with Crippen LogP contribution in [0.25, 0.3) is 11.1 Å². The Bertz CT molecular complexity index is 1030. The van der Waals surface area contributed by atoms with E-state index in [9.17, 15) is 27.6 Å². The van der Waals surface area contributed by atoms with Crippen LogP contribution in [0.4, 0.5) is 18.0 Å². The first kappa shape index (κ1) is 25.1. The lowest BCUT2D eigenvalue weighted by atomic mass is 9.98. The van der Waals surface area contributed by atoms with Gasteiger partial charge in [0.15, 0.2) is 0 Å². The molecule has 0 heterocycles. The molecule has 0 radical (unpaired) electrons. The highest BCUT2D eigenvalue weighted by molar-refractivity contribution is 5.84. The van der Waals surface area contributed by atoms with Crippen LogP contribution >= 0.6 is 0 Å². The highest BCUT2D eigenvalue weighted by Gasteiger charge is 2.43. The Morgan fingerprint density at radius 1 is 0.971 bits per heavy atom. The highest BCUT2D eigenvalue weighted by Crippen LogP contribution is 2.44. The van der Waals surface area contributed by atoms with Crippen LogP contribution in [0.5, 0.6) is 0 Å². The van der Waals surface area contributed by atoms with Crippen LogP contribution in [0.1, 0.15) is 37.3 Å². The molecule has 10 heteroatoms. The molecule has 3 rings (SSSR count). The number of halogens is 3. The number of aliphatic carboxylic acids is 1. The molecule has 2 aromatic rings. The van der Waals surface area contributed by atoms with E-state index in [1.165, 1.54) is 13.8 Å². The van der Waals surface area contributed by atoms with Crippen molar-refractivity contribution in [1.29, 1.82) is 0 Å². The van der Waals surface area contributed by atoms with Gasteiger partial charge in [-0.15, -0.1) is 0 Å². The Balaban J connectivity index is 1.65. The number of nitrogens with one attached hydrogen (secondary N) is 2. The van der Waals surface area contributed by atoms with Crippen molar-refractivity contribution >= 4 is 18.0 Å². The zero-order valence-electron chi connectivity index (χ0n) is 18.6. The maximum Gasteiger partial charge on any atom is 0.409 e. The van der Waals surface area contributed by atoms with E-state index in [0.717, 1.165) is 22.3 Å². The van der Waals surface area contributed by atoms with E-state index >= 15 is 0 Å². The summed E-state index contributed by atoms with van der Waals surface area (Å²) < 4.78 is 45.5. The van der Waals surface area contributed by atoms with Crippen LogP contribution in [-0.2, 0) is 14.3 Å². The zero-order chi connectivity index (χ0) is 25.0. The van der Waals surface area contributed by atoms with Crippen LogP contribution in [0.3, 0.4) is 0 Å². The minimum Gasteiger partial charge on any atom is -0.480 e. The van der Waals surface area contributed by atoms with Gasteiger partial charge in [-0.05, 0) is 28.2 Å². The van der Waals surface area contributed by atoms with Crippen LogP contribution in [-0.4, -0.2) is 47.9 Å². The molecule has 2 atom stereocenters. The Kier molecular flexibility index (Phi) is 7.48. The van der Waals surface area contributed by atoms with Gasteiger partial charge in [-0.2, -0.15) is 13.2 Å². The molecule has 0 bridgehead atoms. The van der Waals surface area contributed by atoms with Crippen molar-refractivity contribution in [2.24, 2.45) is 5.92 Å². The lowest BCUT2D eigenvalue weighted by Crippen LogP contribution is -2.51. The number of ether oxygens (including phenoxy) is 1. The number of carbonyl (C=O) groups excluding carboxylic acids is 2. The van der Waals surface area contributed by atoms with Gasteiger partial charge in [-0.25, -0.2) is 9.59 Å². The smallest absolute Gasteiger partial charge is 0.409 e. The molecule has 2 amide bonds. The number of rotatable bonds is 8. The first-order valence-corrected chi connectivity index (χ1v) is 10.7. The number of carboxylic acid groups (broad SMARTS) is 1. The van der Waals surface area contributed by atoms with Crippen LogP contribution in [0.15, 0.2) is 48.5 Å². The fourth-order valence-corrected chi connectivity index (χ4v) is 3.96. The number of hydrogen-bond acceptors (Lipinski definition) is 4. The van der Waals surface area contributed by atoms with Crippen molar-refractivity contribution < 1.29 is 37.4 Å². The first-order valence-electron chi connectivity index (χ1n) is 10.7. The Hall–Kier alpha value is -3.56. The molecule has 182 valence electrons. The van der Waals surface area contributed by atoms with Gasteiger partial charge in [-0.1, -0.05) is 62.4 Å². The third-order valence-corrected chi connectivity index (χ3v) is 5.67. The number of amides is 2. The van der Waals surface area contributed by atoms with Gasteiger partial charge in [0.05, 0.1) is 6.42 Å². The molecule has 34 heavy (non-hydrogen) atoms. The molecule has 7 nitrogen and oxygen atoms in total. The lowest BCUT2D eigenvalue weighted by Gasteiger charge is -2.23. The second-order valence-corrected chi connectivity index (χ2v) is 8.40. The van der Waals surface area contributed by atoms with Gasteiger partial charge in [0.2, 0.25) is 5.91 Å². The van der Waals surface area contributed by atoms with Gasteiger partial charge < -0.3 is 20.5 Å². The van der Waals surface area contributed by atoms with E-state index in [0.29, 0.717) is 0 Å². The quantitative estimate of drug-likeness (QED) is 0.531. The second-order valence-electron chi connectivity index (χ2n) is 8.40. The van der Waals surface area contributed by atoms with Crippen LogP contribution < -0.4 is 10.6 Å². The van der Waals surface area contributed by atoms with Gasteiger partial charge in [0.25, 0.3) is 0 Å². The second kappa shape index (κ2) is 10.1. The summed E-state index contributed by atoms with van der Waals surface area (Å²) >= 11 is 0. The maximum atomic E-state index is 13.5. The molecule has 0 aliphatic heterocycles. The number of alkyl carbamates (subject to hydrolysis) is 1. The topological polar surface area (TPSA) is 105 Å². The average Bonchev–Trinajstić information content (AvgIpc) is 3.08. The summed E-state index contributed by atoms with van der Waals surface area (Å²) in [7, 11) is 0. The summed E-state index contributed by atoms with van der Waals surface area (Å²) in [6, 6.07) is 11.1. The summed E-state index contributed by atoms with van der Waals surface area (Å²) in [6.07, 6.45) is -7.44. The SMILES string of the molecule is CC(C)[C@H](NC(=O)CC(NC(=O)OCC1c2ccccc2-c2ccccc21)C(F)(F)F)C(=O)O. The number of carboxylic acids is 1. The summed E-state index contributed by atoms with van der Waals surface area (Å²) in [5, 5.41) is 12.9. The molecule has 0 saturated carbocycles. The summed E-state index contributed by atoms with van der Waals surface area (Å²) in [6.45, 7) is 2.83. The van der Waals surface area contributed by atoms with E-state index in [2.05, 4.69) is 5.32 Å². The normalized spacial score (nSPS) is 14.6. The van der Waals surface area contributed by atoms with E-state index < -0.39 is 48.6 Å². The zero-order valence-corrected chi connectivity index (χ0v) is 18.6. The Morgan fingerprint density at radius 2 is 1.50 bits per heavy atom. The van der Waals surface area contributed by atoms with Crippen molar-refractivity contribution in [2.45, 2.75) is 44.4 Å². The van der Waals surface area contributed by atoms with Crippen molar-refractivity contribution in [3.8, 4) is 11.1 Å². The van der Waals surface area contributed by atoms with Crippen molar-refractivity contribution in [1.82, 2.24) is 10.6 Å². The highest BCUT2D eigenvalue weighted by atomic mass is 19.4. The molecule has 0 fully saturated rings. The molecule has 1 aliphatic carbocycles.